The van der Waals surface area contributed by atoms with Gasteiger partial charge in [-0.1, -0.05) is 24.3 Å². The van der Waals surface area contributed by atoms with Crippen molar-refractivity contribution < 1.29 is 14.3 Å². The van der Waals surface area contributed by atoms with Crippen LogP contribution < -0.4 is 15.4 Å². The van der Waals surface area contributed by atoms with Gasteiger partial charge in [0, 0.05) is 30.6 Å². The van der Waals surface area contributed by atoms with Gasteiger partial charge in [-0.15, -0.1) is 0 Å². The highest BCUT2D eigenvalue weighted by Gasteiger charge is 2.44. The van der Waals surface area contributed by atoms with E-state index in [1.165, 1.54) is 0 Å². The van der Waals surface area contributed by atoms with Crippen molar-refractivity contribution in [2.75, 3.05) is 39.3 Å². The molecule has 2 amide bonds. The van der Waals surface area contributed by atoms with Crippen LogP contribution in [0.1, 0.15) is 43.1 Å². The quantitative estimate of drug-likeness (QED) is 0.470. The molecule has 2 N–H and O–H groups in total. The van der Waals surface area contributed by atoms with Crippen molar-refractivity contribution in [2.24, 2.45) is 5.41 Å². The maximum Gasteiger partial charge on any atom is 0.270 e. The molecular formula is C29H34N4O3. The summed E-state index contributed by atoms with van der Waals surface area (Å²) in [5.41, 5.74) is 1.94. The smallest absolute Gasteiger partial charge is 0.270 e. The monoisotopic (exact) mass is 486 g/mol. The van der Waals surface area contributed by atoms with E-state index in [4.69, 9.17) is 9.72 Å². The number of benzene rings is 2. The van der Waals surface area contributed by atoms with Crippen molar-refractivity contribution in [3.63, 3.8) is 0 Å². The minimum absolute atomic E-state index is 0.163. The molecule has 0 bridgehead atoms. The molecular weight excluding hydrogens is 452 g/mol. The number of hydrogen-bond donors (Lipinski definition) is 2. The van der Waals surface area contributed by atoms with E-state index in [0.717, 1.165) is 79.6 Å². The lowest BCUT2D eigenvalue weighted by molar-refractivity contribution is -0.130. The molecule has 2 saturated heterocycles. The van der Waals surface area contributed by atoms with Crippen molar-refractivity contribution in [3.8, 4) is 17.0 Å². The summed E-state index contributed by atoms with van der Waals surface area (Å²) in [6.45, 7) is 6.64. The first-order valence-electron chi connectivity index (χ1n) is 13.0. The summed E-state index contributed by atoms with van der Waals surface area (Å²) in [6, 6.07) is 17.7. The minimum Gasteiger partial charge on any atom is -0.494 e. The van der Waals surface area contributed by atoms with Gasteiger partial charge in [0.1, 0.15) is 11.4 Å². The first-order valence-corrected chi connectivity index (χ1v) is 13.0. The van der Waals surface area contributed by atoms with E-state index in [1.54, 1.807) is 0 Å². The van der Waals surface area contributed by atoms with Crippen LogP contribution in [-0.2, 0) is 4.79 Å². The summed E-state index contributed by atoms with van der Waals surface area (Å²) in [5.74, 6) is 0.864. The van der Waals surface area contributed by atoms with Crippen LogP contribution in [0.15, 0.2) is 54.6 Å². The molecule has 1 aromatic heterocycles. The fourth-order valence-electron chi connectivity index (χ4n) is 5.52. The molecule has 2 aliphatic rings. The third-order valence-electron chi connectivity index (χ3n) is 7.38. The molecule has 1 spiro atoms. The molecule has 36 heavy (non-hydrogen) atoms. The van der Waals surface area contributed by atoms with Crippen molar-refractivity contribution in [1.82, 2.24) is 20.5 Å². The Balaban J connectivity index is 1.24. The van der Waals surface area contributed by atoms with Crippen LogP contribution in [0.5, 0.6) is 5.75 Å². The molecule has 1 atom stereocenters. The van der Waals surface area contributed by atoms with Gasteiger partial charge in [0.25, 0.3) is 5.91 Å². The summed E-state index contributed by atoms with van der Waals surface area (Å²) < 4.78 is 5.55. The van der Waals surface area contributed by atoms with Gasteiger partial charge in [-0.05, 0) is 81.4 Å². The summed E-state index contributed by atoms with van der Waals surface area (Å²) in [5, 5.41) is 7.91. The Morgan fingerprint density at radius 1 is 1.17 bits per heavy atom. The predicted molar refractivity (Wildman–Crippen MR) is 141 cm³/mol. The summed E-state index contributed by atoms with van der Waals surface area (Å²) in [7, 11) is 0. The average molecular weight is 487 g/mol. The normalized spacial score (nSPS) is 20.0. The van der Waals surface area contributed by atoms with E-state index in [-0.39, 0.29) is 17.2 Å². The third kappa shape index (κ3) is 5.07. The Morgan fingerprint density at radius 2 is 2.00 bits per heavy atom. The Hall–Kier alpha value is -3.45. The van der Waals surface area contributed by atoms with Crippen LogP contribution in [0, 0.1) is 5.41 Å². The topological polar surface area (TPSA) is 83.6 Å². The highest BCUT2D eigenvalue weighted by Crippen LogP contribution is 2.36. The van der Waals surface area contributed by atoms with Crippen LogP contribution in [-0.4, -0.2) is 61.0 Å². The number of rotatable bonds is 8. The van der Waals surface area contributed by atoms with Gasteiger partial charge in [-0.2, -0.15) is 0 Å². The highest BCUT2D eigenvalue weighted by atomic mass is 16.5. The van der Waals surface area contributed by atoms with Crippen LogP contribution in [0.2, 0.25) is 0 Å². The number of pyridine rings is 1. The van der Waals surface area contributed by atoms with Gasteiger partial charge in [0.05, 0.1) is 17.7 Å². The molecule has 2 aromatic carbocycles. The molecule has 188 valence electrons. The molecule has 7 nitrogen and oxygen atoms in total. The number of carbonyl (C=O) groups is 2. The number of nitrogens with one attached hydrogen (secondary N) is 2. The molecule has 0 aliphatic carbocycles. The van der Waals surface area contributed by atoms with Crippen molar-refractivity contribution in [3.05, 3.63) is 60.3 Å². The number of likely N-dealkylation sites (tertiary alicyclic amines) is 1. The van der Waals surface area contributed by atoms with Crippen molar-refractivity contribution in [2.45, 2.75) is 32.6 Å². The van der Waals surface area contributed by atoms with E-state index in [2.05, 4.69) is 15.5 Å². The lowest BCUT2D eigenvalue weighted by Gasteiger charge is -2.38. The second-order valence-corrected chi connectivity index (χ2v) is 9.81. The van der Waals surface area contributed by atoms with Gasteiger partial charge >= 0.3 is 0 Å². The van der Waals surface area contributed by atoms with E-state index < -0.39 is 0 Å². The van der Waals surface area contributed by atoms with Crippen LogP contribution >= 0.6 is 0 Å². The fourth-order valence-corrected chi connectivity index (χ4v) is 5.52. The second-order valence-electron chi connectivity index (χ2n) is 9.81. The number of amides is 2. The second kappa shape index (κ2) is 10.7. The van der Waals surface area contributed by atoms with E-state index in [0.29, 0.717) is 18.8 Å². The van der Waals surface area contributed by atoms with Gasteiger partial charge in [-0.3, -0.25) is 9.59 Å². The standard InChI is InChI=1S/C29H34N4O3/c1-2-36-23-11-9-21(10-12-23)25-19-22-7-3-4-8-24(22)26(32-25)27(34)30-15-6-18-33-17-5-13-29(20-33)14-16-31-28(29)35/h3-4,7-12,19H,2,5-6,13-18,20H2,1H3,(H,30,34)(H,31,35). The van der Waals surface area contributed by atoms with Gasteiger partial charge in [0.2, 0.25) is 5.91 Å². The molecule has 5 rings (SSSR count). The maximum atomic E-state index is 13.2. The number of piperidine rings is 1. The number of fused-ring (bicyclic) bond motifs is 1. The average Bonchev–Trinajstić information content (AvgIpc) is 3.25. The Morgan fingerprint density at radius 3 is 2.78 bits per heavy atom. The molecule has 3 aromatic rings. The van der Waals surface area contributed by atoms with E-state index >= 15 is 0 Å². The predicted octanol–water partition coefficient (Wildman–Crippen LogP) is 4.02. The molecule has 3 heterocycles. The number of ether oxygens (including phenoxy) is 1. The summed E-state index contributed by atoms with van der Waals surface area (Å²) >= 11 is 0. The van der Waals surface area contributed by atoms with Crippen LogP contribution in [0.4, 0.5) is 0 Å². The van der Waals surface area contributed by atoms with Crippen molar-refractivity contribution in [1.29, 1.82) is 0 Å². The van der Waals surface area contributed by atoms with Gasteiger partial charge < -0.3 is 20.3 Å². The zero-order chi connectivity index (χ0) is 25.0. The lowest BCUT2D eigenvalue weighted by Crippen LogP contribution is -2.47. The molecule has 0 radical (unpaired) electrons. The van der Waals surface area contributed by atoms with E-state index in [1.807, 2.05) is 61.5 Å². The first kappa shape index (κ1) is 24.3. The summed E-state index contributed by atoms with van der Waals surface area (Å²) in [6.07, 6.45) is 3.80. The maximum absolute atomic E-state index is 13.2. The molecule has 0 saturated carbocycles. The Kier molecular flexibility index (Phi) is 7.18. The largest absolute Gasteiger partial charge is 0.494 e. The number of nitrogens with zero attached hydrogens (tertiary/aromatic N) is 2. The first-order chi connectivity index (χ1) is 17.6. The van der Waals surface area contributed by atoms with Gasteiger partial charge in [-0.25, -0.2) is 4.98 Å². The van der Waals surface area contributed by atoms with E-state index in [9.17, 15) is 9.59 Å². The highest BCUT2D eigenvalue weighted by molar-refractivity contribution is 6.06. The third-order valence-corrected chi connectivity index (χ3v) is 7.38. The number of carbonyl (C=O) groups excluding carboxylic acids is 2. The molecule has 1 unspecified atom stereocenters. The Bertz CT molecular complexity index is 1240. The lowest BCUT2D eigenvalue weighted by atomic mass is 9.78. The van der Waals surface area contributed by atoms with Crippen LogP contribution in [0.25, 0.3) is 22.0 Å². The Labute approximate surface area is 212 Å². The summed E-state index contributed by atoms with van der Waals surface area (Å²) in [4.78, 5) is 32.7. The molecule has 7 heteroatoms. The fraction of sp³-hybridized carbons (Fsp3) is 0.414. The molecule has 2 aliphatic heterocycles. The zero-order valence-electron chi connectivity index (χ0n) is 20.9. The zero-order valence-corrected chi connectivity index (χ0v) is 20.9. The van der Waals surface area contributed by atoms with Gasteiger partial charge in [0.15, 0.2) is 0 Å². The minimum atomic E-state index is -0.203. The number of aromatic nitrogens is 1. The number of hydrogen-bond acceptors (Lipinski definition) is 5. The molecule has 2 fully saturated rings. The SMILES string of the molecule is CCOc1ccc(-c2cc3ccccc3c(C(=O)NCCCN3CCCC4(CCNC4=O)C3)n2)cc1. The van der Waals surface area contributed by atoms with Crippen molar-refractivity contribution >= 4 is 22.6 Å². The van der Waals surface area contributed by atoms with Crippen LogP contribution in [0.3, 0.4) is 0 Å².